The van der Waals surface area contributed by atoms with Crippen LogP contribution in [0, 0.1) is 5.92 Å². The monoisotopic (exact) mass is 350 g/mol. The second kappa shape index (κ2) is 7.72. The van der Waals surface area contributed by atoms with E-state index in [4.69, 9.17) is 17.3 Å². The van der Waals surface area contributed by atoms with Crippen LogP contribution in [0.3, 0.4) is 0 Å². The van der Waals surface area contributed by atoms with Gasteiger partial charge < -0.3 is 11.1 Å². The third-order valence-corrected chi connectivity index (χ3v) is 3.84. The van der Waals surface area contributed by atoms with E-state index < -0.39 is 5.54 Å². The van der Waals surface area contributed by atoms with Crippen molar-refractivity contribution in [1.82, 2.24) is 25.5 Å². The van der Waals surface area contributed by atoms with E-state index in [2.05, 4.69) is 34.6 Å². The lowest BCUT2D eigenvalue weighted by molar-refractivity contribution is -0.124. The lowest BCUT2D eigenvalue weighted by Crippen LogP contribution is -2.53. The number of aromatic nitrogens is 4. The molecule has 24 heavy (non-hydrogen) atoms. The first kappa shape index (κ1) is 18.4. The van der Waals surface area contributed by atoms with Crippen molar-refractivity contribution in [2.24, 2.45) is 11.7 Å². The molecule has 0 spiro atoms. The van der Waals surface area contributed by atoms with Crippen molar-refractivity contribution < 1.29 is 4.79 Å². The molecule has 130 valence electrons. The average molecular weight is 351 g/mol. The van der Waals surface area contributed by atoms with Gasteiger partial charge in [-0.25, -0.2) is 0 Å². The number of rotatable bonds is 7. The number of hydrogen-bond donors (Lipinski definition) is 2. The Morgan fingerprint density at radius 1 is 1.38 bits per heavy atom. The van der Waals surface area contributed by atoms with Crippen LogP contribution in [0.4, 0.5) is 0 Å². The Labute approximate surface area is 146 Å². The molecule has 1 aromatic heterocycles. The molecule has 1 unspecified atom stereocenters. The molecule has 3 N–H and O–H groups in total. The lowest BCUT2D eigenvalue weighted by atomic mass is 9.91. The minimum Gasteiger partial charge on any atom is -0.348 e. The van der Waals surface area contributed by atoms with Crippen LogP contribution < -0.4 is 11.1 Å². The van der Waals surface area contributed by atoms with Crippen LogP contribution in [0.25, 0.3) is 11.4 Å². The fraction of sp³-hybridized carbons (Fsp3) is 0.500. The summed E-state index contributed by atoms with van der Waals surface area (Å²) in [5, 5.41) is 15.7. The number of nitrogens with zero attached hydrogens (tertiary/aromatic N) is 4. The lowest BCUT2D eigenvalue weighted by Gasteiger charge is -2.31. The maximum Gasteiger partial charge on any atom is 0.244 e. The molecule has 0 radical (unpaired) electrons. The van der Waals surface area contributed by atoms with E-state index in [-0.39, 0.29) is 12.5 Å². The highest BCUT2D eigenvalue weighted by atomic mass is 35.5. The summed E-state index contributed by atoms with van der Waals surface area (Å²) in [6, 6.07) is 7.11. The number of tetrazole rings is 1. The number of benzene rings is 1. The quantitative estimate of drug-likeness (QED) is 0.794. The SMILES string of the molecule is CC(C)CC(C)(CN)NC(=O)Cn1nnc(-c2ccc(Cl)cc2)n1. The standard InChI is InChI=1S/C16H23ClN6O/c1-11(2)8-16(3,10-18)19-14(24)9-23-21-15(20-22-23)12-4-6-13(17)7-5-12/h4-7,11H,8-10,18H2,1-3H3,(H,19,24). The molecule has 2 aromatic rings. The summed E-state index contributed by atoms with van der Waals surface area (Å²) >= 11 is 5.86. The van der Waals surface area contributed by atoms with Crippen LogP contribution in [0.1, 0.15) is 27.2 Å². The summed E-state index contributed by atoms with van der Waals surface area (Å²) in [5.41, 5.74) is 6.16. The number of hydrogen-bond acceptors (Lipinski definition) is 5. The maximum absolute atomic E-state index is 12.2. The van der Waals surface area contributed by atoms with Crippen molar-refractivity contribution in [2.75, 3.05) is 6.54 Å². The predicted octanol–water partition coefficient (Wildman–Crippen LogP) is 1.87. The Morgan fingerprint density at radius 2 is 2.04 bits per heavy atom. The van der Waals surface area contributed by atoms with E-state index >= 15 is 0 Å². The normalized spacial score (nSPS) is 13.8. The molecule has 7 nitrogen and oxygen atoms in total. The third kappa shape index (κ3) is 5.01. The van der Waals surface area contributed by atoms with Gasteiger partial charge in [-0.15, -0.1) is 10.2 Å². The summed E-state index contributed by atoms with van der Waals surface area (Å²) in [5.74, 6) is 0.687. The van der Waals surface area contributed by atoms with Crippen molar-refractivity contribution in [2.45, 2.75) is 39.3 Å². The molecule has 8 heteroatoms. The summed E-state index contributed by atoms with van der Waals surface area (Å²) < 4.78 is 0. The highest BCUT2D eigenvalue weighted by molar-refractivity contribution is 6.30. The van der Waals surface area contributed by atoms with Crippen molar-refractivity contribution in [1.29, 1.82) is 0 Å². The molecule has 0 bridgehead atoms. The van der Waals surface area contributed by atoms with Crippen molar-refractivity contribution in [3.05, 3.63) is 29.3 Å². The van der Waals surface area contributed by atoms with E-state index in [1.54, 1.807) is 24.3 Å². The molecule has 1 heterocycles. The predicted molar refractivity (Wildman–Crippen MR) is 93.3 cm³/mol. The van der Waals surface area contributed by atoms with Gasteiger partial charge in [0, 0.05) is 22.7 Å². The minimum absolute atomic E-state index is 0.00568. The van der Waals surface area contributed by atoms with E-state index in [9.17, 15) is 4.79 Å². The van der Waals surface area contributed by atoms with E-state index in [1.807, 2.05) is 6.92 Å². The first-order valence-corrected chi connectivity index (χ1v) is 8.24. The van der Waals surface area contributed by atoms with E-state index in [1.165, 1.54) is 4.80 Å². The van der Waals surface area contributed by atoms with Gasteiger partial charge in [-0.05, 0) is 48.7 Å². The van der Waals surface area contributed by atoms with Gasteiger partial charge in [0.1, 0.15) is 6.54 Å². The molecular formula is C16H23ClN6O. The zero-order chi connectivity index (χ0) is 17.7. The maximum atomic E-state index is 12.2. The number of amides is 1. The van der Waals surface area contributed by atoms with Crippen LogP contribution in [0.2, 0.25) is 5.02 Å². The smallest absolute Gasteiger partial charge is 0.244 e. The zero-order valence-corrected chi connectivity index (χ0v) is 14.9. The molecule has 0 saturated carbocycles. The second-order valence-corrected chi connectivity index (χ2v) is 7.00. The van der Waals surface area contributed by atoms with Crippen LogP contribution in [-0.4, -0.2) is 38.2 Å². The van der Waals surface area contributed by atoms with Gasteiger partial charge in [0.05, 0.1) is 0 Å². The summed E-state index contributed by atoms with van der Waals surface area (Å²) in [4.78, 5) is 13.5. The minimum atomic E-state index is -0.440. The van der Waals surface area contributed by atoms with Crippen molar-refractivity contribution in [3.8, 4) is 11.4 Å². The molecule has 1 amide bonds. The third-order valence-electron chi connectivity index (χ3n) is 3.59. The molecule has 0 aliphatic rings. The number of nitrogens with one attached hydrogen (secondary N) is 1. The zero-order valence-electron chi connectivity index (χ0n) is 14.2. The van der Waals surface area contributed by atoms with Gasteiger partial charge in [-0.2, -0.15) is 4.80 Å². The Morgan fingerprint density at radius 3 is 2.62 bits per heavy atom. The Bertz CT molecular complexity index is 684. The van der Waals surface area contributed by atoms with E-state index in [0.717, 1.165) is 12.0 Å². The first-order valence-electron chi connectivity index (χ1n) is 7.86. The largest absolute Gasteiger partial charge is 0.348 e. The second-order valence-electron chi connectivity index (χ2n) is 6.56. The molecule has 1 aromatic carbocycles. The van der Waals surface area contributed by atoms with E-state index in [0.29, 0.717) is 23.3 Å². The van der Waals surface area contributed by atoms with Gasteiger partial charge in [0.15, 0.2) is 0 Å². The van der Waals surface area contributed by atoms with Gasteiger partial charge in [0.25, 0.3) is 0 Å². The number of halogens is 1. The van der Waals surface area contributed by atoms with Gasteiger partial charge in [-0.1, -0.05) is 25.4 Å². The Hall–Kier alpha value is -1.99. The highest BCUT2D eigenvalue weighted by Crippen LogP contribution is 2.17. The molecule has 0 fully saturated rings. The summed E-state index contributed by atoms with van der Waals surface area (Å²) in [6.45, 7) is 6.50. The fourth-order valence-corrected chi connectivity index (χ4v) is 2.74. The van der Waals surface area contributed by atoms with Crippen LogP contribution in [-0.2, 0) is 11.3 Å². The van der Waals surface area contributed by atoms with Gasteiger partial charge >= 0.3 is 0 Å². The molecule has 0 saturated heterocycles. The topological polar surface area (TPSA) is 98.7 Å². The van der Waals surface area contributed by atoms with Crippen LogP contribution >= 0.6 is 11.6 Å². The van der Waals surface area contributed by atoms with Gasteiger partial charge in [0.2, 0.25) is 11.7 Å². The Kier molecular flexibility index (Phi) is 5.90. The first-order chi connectivity index (χ1) is 11.3. The summed E-state index contributed by atoms with van der Waals surface area (Å²) in [7, 11) is 0. The molecule has 2 rings (SSSR count). The molecular weight excluding hydrogens is 328 g/mol. The number of carbonyl (C=O) groups is 1. The Balaban J connectivity index is 2.01. The van der Waals surface area contributed by atoms with Gasteiger partial charge in [-0.3, -0.25) is 4.79 Å². The molecule has 0 aliphatic carbocycles. The van der Waals surface area contributed by atoms with Crippen molar-refractivity contribution in [3.63, 3.8) is 0 Å². The van der Waals surface area contributed by atoms with Crippen LogP contribution in [0.5, 0.6) is 0 Å². The highest BCUT2D eigenvalue weighted by Gasteiger charge is 2.26. The molecule has 1 atom stereocenters. The number of carbonyl (C=O) groups excluding carboxylic acids is 1. The van der Waals surface area contributed by atoms with Crippen LogP contribution in [0.15, 0.2) is 24.3 Å². The fourth-order valence-electron chi connectivity index (χ4n) is 2.62. The number of nitrogens with two attached hydrogens (primary N) is 1. The van der Waals surface area contributed by atoms with Crippen molar-refractivity contribution >= 4 is 17.5 Å². The average Bonchev–Trinajstić information content (AvgIpc) is 2.95. The summed E-state index contributed by atoms with van der Waals surface area (Å²) in [6.07, 6.45) is 0.802. The molecule has 0 aliphatic heterocycles.